The van der Waals surface area contributed by atoms with Crippen LogP contribution in [0.1, 0.15) is 11.1 Å². The van der Waals surface area contributed by atoms with Gasteiger partial charge in [-0.2, -0.15) is 0 Å². The molecule has 15 heavy (non-hydrogen) atoms. The van der Waals surface area contributed by atoms with E-state index in [-0.39, 0.29) is 6.61 Å². The highest BCUT2D eigenvalue weighted by Crippen LogP contribution is 2.33. The average Bonchev–Trinajstić information content (AvgIpc) is 2.65. The second-order valence-electron chi connectivity index (χ2n) is 3.46. The molecule has 0 aliphatic carbocycles. The highest BCUT2D eigenvalue weighted by Gasteiger charge is 2.06. The van der Waals surface area contributed by atoms with E-state index >= 15 is 0 Å². The van der Waals surface area contributed by atoms with E-state index in [4.69, 9.17) is 16.7 Å². The normalized spacial score (nSPS) is 10.6. The van der Waals surface area contributed by atoms with Crippen LogP contribution in [0.2, 0.25) is 5.02 Å². The molecular formula is C12H11ClOS. The molecule has 0 aliphatic heterocycles. The first-order valence-corrected chi connectivity index (χ1v) is 5.91. The summed E-state index contributed by atoms with van der Waals surface area (Å²) in [5, 5.41) is 11.9. The van der Waals surface area contributed by atoms with Crippen molar-refractivity contribution in [2.24, 2.45) is 0 Å². The largest absolute Gasteiger partial charge is 0.392 e. The molecule has 78 valence electrons. The van der Waals surface area contributed by atoms with Crippen molar-refractivity contribution in [3.8, 4) is 10.4 Å². The molecule has 0 radical (unpaired) electrons. The molecule has 0 fully saturated rings. The monoisotopic (exact) mass is 238 g/mol. The van der Waals surface area contributed by atoms with Gasteiger partial charge in [0.25, 0.3) is 0 Å². The van der Waals surface area contributed by atoms with Crippen molar-refractivity contribution in [1.29, 1.82) is 0 Å². The van der Waals surface area contributed by atoms with Gasteiger partial charge in [0.2, 0.25) is 0 Å². The number of halogens is 1. The minimum Gasteiger partial charge on any atom is -0.392 e. The van der Waals surface area contributed by atoms with Gasteiger partial charge in [-0.05, 0) is 41.6 Å². The fourth-order valence-electron chi connectivity index (χ4n) is 1.43. The number of aryl methyl sites for hydroxylation is 1. The van der Waals surface area contributed by atoms with Crippen LogP contribution in [0.5, 0.6) is 0 Å². The molecule has 1 nitrogen and oxygen atoms in total. The van der Waals surface area contributed by atoms with Crippen molar-refractivity contribution in [1.82, 2.24) is 0 Å². The Labute approximate surface area is 98.0 Å². The number of rotatable bonds is 2. The lowest BCUT2D eigenvalue weighted by Crippen LogP contribution is -1.84. The van der Waals surface area contributed by atoms with Gasteiger partial charge in [0.1, 0.15) is 0 Å². The van der Waals surface area contributed by atoms with E-state index in [9.17, 15) is 0 Å². The standard InChI is InChI=1S/C12H11ClOS/c1-8-4-12(15-7-8)10-5-9(6-14)2-3-11(10)13/h2-5,7,14H,6H2,1H3. The maximum Gasteiger partial charge on any atom is 0.0682 e. The summed E-state index contributed by atoms with van der Waals surface area (Å²) in [6.45, 7) is 2.11. The highest BCUT2D eigenvalue weighted by molar-refractivity contribution is 7.13. The van der Waals surface area contributed by atoms with Crippen LogP contribution in [0.15, 0.2) is 29.6 Å². The molecule has 0 atom stereocenters. The van der Waals surface area contributed by atoms with Gasteiger partial charge in [0.15, 0.2) is 0 Å². The Morgan fingerprint density at radius 3 is 2.73 bits per heavy atom. The predicted molar refractivity (Wildman–Crippen MR) is 65.4 cm³/mol. The Hall–Kier alpha value is -0.830. The predicted octanol–water partition coefficient (Wildman–Crippen LogP) is 3.87. The smallest absolute Gasteiger partial charge is 0.0682 e. The quantitative estimate of drug-likeness (QED) is 0.842. The second-order valence-corrected chi connectivity index (χ2v) is 4.78. The molecular weight excluding hydrogens is 228 g/mol. The molecule has 0 unspecified atom stereocenters. The molecule has 0 bridgehead atoms. The third-order valence-electron chi connectivity index (χ3n) is 2.21. The van der Waals surface area contributed by atoms with Crippen LogP contribution in [0, 0.1) is 6.92 Å². The fourth-order valence-corrected chi connectivity index (χ4v) is 2.64. The van der Waals surface area contributed by atoms with Crippen LogP contribution in [0.25, 0.3) is 10.4 Å². The van der Waals surface area contributed by atoms with Crippen molar-refractivity contribution >= 4 is 22.9 Å². The van der Waals surface area contributed by atoms with Crippen LogP contribution in [-0.2, 0) is 6.61 Å². The number of thiophene rings is 1. The molecule has 1 aromatic heterocycles. The molecule has 2 aromatic rings. The van der Waals surface area contributed by atoms with Crippen LogP contribution < -0.4 is 0 Å². The maximum absolute atomic E-state index is 9.07. The number of hydrogen-bond acceptors (Lipinski definition) is 2. The van der Waals surface area contributed by atoms with Gasteiger partial charge >= 0.3 is 0 Å². The van der Waals surface area contributed by atoms with Gasteiger partial charge in [0, 0.05) is 15.5 Å². The van der Waals surface area contributed by atoms with Gasteiger partial charge in [-0.15, -0.1) is 11.3 Å². The maximum atomic E-state index is 9.07. The molecule has 1 heterocycles. The lowest BCUT2D eigenvalue weighted by Gasteiger charge is -2.03. The van der Waals surface area contributed by atoms with Crippen molar-refractivity contribution in [3.63, 3.8) is 0 Å². The zero-order valence-corrected chi connectivity index (χ0v) is 9.90. The summed E-state index contributed by atoms with van der Waals surface area (Å²) in [5.41, 5.74) is 3.13. The first-order valence-electron chi connectivity index (χ1n) is 4.65. The summed E-state index contributed by atoms with van der Waals surface area (Å²) >= 11 is 7.79. The van der Waals surface area contributed by atoms with E-state index in [1.54, 1.807) is 11.3 Å². The molecule has 1 aromatic carbocycles. The first-order chi connectivity index (χ1) is 7.20. The van der Waals surface area contributed by atoms with Gasteiger partial charge in [-0.25, -0.2) is 0 Å². The average molecular weight is 239 g/mol. The van der Waals surface area contributed by atoms with Crippen LogP contribution in [-0.4, -0.2) is 5.11 Å². The summed E-state index contributed by atoms with van der Waals surface area (Å²) < 4.78 is 0. The van der Waals surface area contributed by atoms with E-state index in [1.165, 1.54) is 5.56 Å². The summed E-state index contributed by atoms with van der Waals surface area (Å²) in [4.78, 5) is 1.15. The highest BCUT2D eigenvalue weighted by atomic mass is 35.5. The third kappa shape index (κ3) is 2.23. The van der Waals surface area contributed by atoms with Crippen molar-refractivity contribution in [2.75, 3.05) is 0 Å². The number of aliphatic hydroxyl groups excluding tert-OH is 1. The zero-order valence-electron chi connectivity index (χ0n) is 8.33. The van der Waals surface area contributed by atoms with Gasteiger partial charge in [-0.3, -0.25) is 0 Å². The molecule has 3 heteroatoms. The summed E-state index contributed by atoms with van der Waals surface area (Å²) in [5.74, 6) is 0. The molecule has 0 spiro atoms. The topological polar surface area (TPSA) is 20.2 Å². The molecule has 1 N–H and O–H groups in total. The van der Waals surface area contributed by atoms with Crippen LogP contribution in [0.4, 0.5) is 0 Å². The van der Waals surface area contributed by atoms with E-state index in [2.05, 4.69) is 18.4 Å². The van der Waals surface area contributed by atoms with E-state index in [1.807, 2.05) is 18.2 Å². The Bertz CT molecular complexity index is 476. The lowest BCUT2D eigenvalue weighted by molar-refractivity contribution is 0.282. The Morgan fingerprint density at radius 1 is 1.33 bits per heavy atom. The number of hydrogen-bond donors (Lipinski definition) is 1. The van der Waals surface area contributed by atoms with E-state index in [0.29, 0.717) is 0 Å². The summed E-state index contributed by atoms with van der Waals surface area (Å²) in [6.07, 6.45) is 0. The van der Waals surface area contributed by atoms with Gasteiger partial charge in [-0.1, -0.05) is 17.7 Å². The third-order valence-corrected chi connectivity index (χ3v) is 3.62. The second kappa shape index (κ2) is 4.35. The number of benzene rings is 1. The molecule has 0 saturated heterocycles. The first kappa shape index (κ1) is 10.7. The molecule has 2 rings (SSSR count). The zero-order chi connectivity index (χ0) is 10.8. The SMILES string of the molecule is Cc1csc(-c2cc(CO)ccc2Cl)c1. The summed E-state index contributed by atoms with van der Waals surface area (Å²) in [7, 11) is 0. The van der Waals surface area contributed by atoms with E-state index < -0.39 is 0 Å². The van der Waals surface area contributed by atoms with Gasteiger partial charge < -0.3 is 5.11 Å². The van der Waals surface area contributed by atoms with Crippen LogP contribution in [0.3, 0.4) is 0 Å². The Balaban J connectivity index is 2.51. The Morgan fingerprint density at radius 2 is 2.13 bits per heavy atom. The molecule has 0 saturated carbocycles. The molecule has 0 amide bonds. The Kier molecular flexibility index (Phi) is 3.10. The van der Waals surface area contributed by atoms with Crippen molar-refractivity contribution in [3.05, 3.63) is 45.8 Å². The summed E-state index contributed by atoms with van der Waals surface area (Å²) in [6, 6.07) is 7.71. The van der Waals surface area contributed by atoms with Crippen molar-refractivity contribution in [2.45, 2.75) is 13.5 Å². The van der Waals surface area contributed by atoms with Crippen LogP contribution >= 0.6 is 22.9 Å². The minimum atomic E-state index is 0.0501. The molecule has 0 aliphatic rings. The number of aliphatic hydroxyl groups is 1. The minimum absolute atomic E-state index is 0.0501. The lowest BCUT2D eigenvalue weighted by atomic mass is 10.1. The van der Waals surface area contributed by atoms with Gasteiger partial charge in [0.05, 0.1) is 6.61 Å². The van der Waals surface area contributed by atoms with Crippen molar-refractivity contribution < 1.29 is 5.11 Å². The van der Waals surface area contributed by atoms with E-state index in [0.717, 1.165) is 21.0 Å². The fraction of sp³-hybridized carbons (Fsp3) is 0.167.